The average molecular weight is 218 g/mol. The van der Waals surface area contributed by atoms with Crippen LogP contribution in [-0.2, 0) is 0 Å². The molecular formula is C14H22N2. The van der Waals surface area contributed by atoms with Crippen LogP contribution in [0.5, 0.6) is 0 Å². The summed E-state index contributed by atoms with van der Waals surface area (Å²) in [6.45, 7) is 7.06. The van der Waals surface area contributed by atoms with Crippen LogP contribution in [0, 0.1) is 17.8 Å². The molecule has 1 aromatic heterocycles. The Hall–Kier alpha value is -0.920. The number of hydrogen-bond donors (Lipinski definition) is 0. The van der Waals surface area contributed by atoms with Crippen LogP contribution in [0.4, 0.5) is 0 Å². The van der Waals surface area contributed by atoms with Crippen LogP contribution >= 0.6 is 0 Å². The zero-order valence-corrected chi connectivity index (χ0v) is 10.6. The molecule has 0 saturated heterocycles. The van der Waals surface area contributed by atoms with E-state index >= 15 is 0 Å². The summed E-state index contributed by atoms with van der Waals surface area (Å²) in [4.78, 5) is 8.34. The van der Waals surface area contributed by atoms with Crippen molar-refractivity contribution >= 4 is 0 Å². The summed E-state index contributed by atoms with van der Waals surface area (Å²) in [5, 5.41) is 0. The minimum absolute atomic E-state index is 0.671. The monoisotopic (exact) mass is 218 g/mol. The van der Waals surface area contributed by atoms with Crippen LogP contribution < -0.4 is 0 Å². The second-order valence-corrected chi connectivity index (χ2v) is 5.60. The summed E-state index contributed by atoms with van der Waals surface area (Å²) in [6, 6.07) is 0. The van der Waals surface area contributed by atoms with Gasteiger partial charge >= 0.3 is 0 Å². The van der Waals surface area contributed by atoms with E-state index in [9.17, 15) is 0 Å². The summed E-state index contributed by atoms with van der Waals surface area (Å²) >= 11 is 0. The maximum Gasteiger partial charge on any atom is 0.115 e. The van der Waals surface area contributed by atoms with Gasteiger partial charge in [0.15, 0.2) is 0 Å². The molecule has 0 spiro atoms. The van der Waals surface area contributed by atoms with Crippen LogP contribution in [0.1, 0.15) is 51.5 Å². The molecule has 0 amide bonds. The van der Waals surface area contributed by atoms with Crippen molar-refractivity contribution in [3.8, 4) is 0 Å². The molecule has 3 atom stereocenters. The Morgan fingerprint density at radius 3 is 2.50 bits per heavy atom. The van der Waals surface area contributed by atoms with Gasteiger partial charge in [-0.25, -0.2) is 9.97 Å². The van der Waals surface area contributed by atoms with E-state index in [2.05, 4.69) is 30.7 Å². The summed E-state index contributed by atoms with van der Waals surface area (Å²) in [6.07, 6.45) is 9.68. The van der Waals surface area contributed by atoms with E-state index in [-0.39, 0.29) is 0 Å². The fourth-order valence-electron chi connectivity index (χ4n) is 3.09. The third-order valence-corrected chi connectivity index (χ3v) is 4.03. The van der Waals surface area contributed by atoms with Gasteiger partial charge in [-0.15, -0.1) is 0 Å². The number of nitrogens with zero attached hydrogens (tertiary/aromatic N) is 2. The predicted octanol–water partition coefficient (Wildman–Crippen LogP) is 3.65. The molecule has 1 aliphatic rings. The molecule has 1 aliphatic carbocycles. The molecular weight excluding hydrogens is 196 g/mol. The highest BCUT2D eigenvalue weighted by Crippen LogP contribution is 2.43. The Balaban J connectivity index is 2.21. The number of rotatable bonds is 2. The Morgan fingerprint density at radius 1 is 1.19 bits per heavy atom. The molecule has 1 unspecified atom stereocenters. The molecule has 88 valence electrons. The lowest BCUT2D eigenvalue weighted by Crippen LogP contribution is -2.26. The second kappa shape index (κ2) is 4.94. The number of hydrogen-bond acceptors (Lipinski definition) is 2. The minimum Gasteiger partial charge on any atom is -0.245 e. The van der Waals surface area contributed by atoms with E-state index in [0.29, 0.717) is 5.92 Å². The predicted molar refractivity (Wildman–Crippen MR) is 66.1 cm³/mol. The molecule has 0 bridgehead atoms. The van der Waals surface area contributed by atoms with Crippen molar-refractivity contribution in [3.63, 3.8) is 0 Å². The molecule has 0 aliphatic heterocycles. The van der Waals surface area contributed by atoms with Crippen molar-refractivity contribution in [1.82, 2.24) is 9.97 Å². The molecule has 0 radical (unpaired) electrons. The highest BCUT2D eigenvalue weighted by atomic mass is 14.8. The summed E-state index contributed by atoms with van der Waals surface area (Å²) in [7, 11) is 0. The minimum atomic E-state index is 0.671. The van der Waals surface area contributed by atoms with Gasteiger partial charge in [0.2, 0.25) is 0 Å². The number of aromatic nitrogens is 2. The van der Waals surface area contributed by atoms with Gasteiger partial charge in [0, 0.05) is 12.4 Å². The van der Waals surface area contributed by atoms with Crippen LogP contribution in [0.3, 0.4) is 0 Å². The largest absolute Gasteiger partial charge is 0.245 e. The van der Waals surface area contributed by atoms with Crippen molar-refractivity contribution < 1.29 is 0 Å². The lowest BCUT2D eigenvalue weighted by molar-refractivity contribution is 0.197. The van der Waals surface area contributed by atoms with E-state index in [0.717, 1.165) is 17.8 Å². The van der Waals surface area contributed by atoms with Gasteiger partial charge in [-0.2, -0.15) is 0 Å². The molecule has 1 saturated carbocycles. The molecule has 16 heavy (non-hydrogen) atoms. The van der Waals surface area contributed by atoms with Gasteiger partial charge < -0.3 is 0 Å². The Bertz CT molecular complexity index is 321. The summed E-state index contributed by atoms with van der Waals surface area (Å²) < 4.78 is 0. The normalized spacial score (nSPS) is 30.6. The maximum absolute atomic E-state index is 4.17. The van der Waals surface area contributed by atoms with Gasteiger partial charge in [0.25, 0.3) is 0 Å². The van der Waals surface area contributed by atoms with E-state index in [1.165, 1.54) is 24.8 Å². The Labute approximate surface area is 98.5 Å². The first-order chi connectivity index (χ1) is 7.68. The molecule has 1 heterocycles. The molecule has 2 rings (SSSR count). The van der Waals surface area contributed by atoms with E-state index in [4.69, 9.17) is 0 Å². The SMILES string of the molecule is CC(C)[C@@H]1CC[C@@H](C)CC1c1cncnc1. The third kappa shape index (κ3) is 2.42. The van der Waals surface area contributed by atoms with Gasteiger partial charge in [-0.3, -0.25) is 0 Å². The summed E-state index contributed by atoms with van der Waals surface area (Å²) in [5.74, 6) is 3.09. The molecule has 0 N–H and O–H groups in total. The zero-order valence-electron chi connectivity index (χ0n) is 10.6. The smallest absolute Gasteiger partial charge is 0.115 e. The second-order valence-electron chi connectivity index (χ2n) is 5.60. The fourth-order valence-corrected chi connectivity index (χ4v) is 3.09. The first kappa shape index (κ1) is 11.6. The van der Waals surface area contributed by atoms with Crippen molar-refractivity contribution in [3.05, 3.63) is 24.3 Å². The van der Waals surface area contributed by atoms with Gasteiger partial charge in [0.1, 0.15) is 6.33 Å². The highest BCUT2D eigenvalue weighted by Gasteiger charge is 2.31. The van der Waals surface area contributed by atoms with E-state index < -0.39 is 0 Å². The first-order valence-corrected chi connectivity index (χ1v) is 6.43. The van der Waals surface area contributed by atoms with Crippen LogP contribution in [0.15, 0.2) is 18.7 Å². The maximum atomic E-state index is 4.17. The molecule has 1 fully saturated rings. The zero-order chi connectivity index (χ0) is 11.5. The lowest BCUT2D eigenvalue weighted by Gasteiger charge is -2.37. The van der Waals surface area contributed by atoms with Gasteiger partial charge in [0.05, 0.1) is 0 Å². The van der Waals surface area contributed by atoms with E-state index in [1.807, 2.05) is 12.4 Å². The van der Waals surface area contributed by atoms with Crippen molar-refractivity contribution in [2.24, 2.45) is 17.8 Å². The Kier molecular flexibility index (Phi) is 3.57. The quantitative estimate of drug-likeness (QED) is 0.757. The summed E-state index contributed by atoms with van der Waals surface area (Å²) in [5.41, 5.74) is 1.34. The van der Waals surface area contributed by atoms with E-state index in [1.54, 1.807) is 6.33 Å². The van der Waals surface area contributed by atoms with Crippen molar-refractivity contribution in [2.75, 3.05) is 0 Å². The average Bonchev–Trinajstić information content (AvgIpc) is 2.29. The topological polar surface area (TPSA) is 25.8 Å². The third-order valence-electron chi connectivity index (χ3n) is 4.03. The fraction of sp³-hybridized carbons (Fsp3) is 0.714. The highest BCUT2D eigenvalue weighted by molar-refractivity contribution is 5.13. The molecule has 0 aromatic carbocycles. The van der Waals surface area contributed by atoms with Crippen molar-refractivity contribution in [2.45, 2.75) is 46.0 Å². The van der Waals surface area contributed by atoms with Crippen LogP contribution in [0.25, 0.3) is 0 Å². The molecule has 2 nitrogen and oxygen atoms in total. The lowest BCUT2D eigenvalue weighted by atomic mass is 9.68. The van der Waals surface area contributed by atoms with Crippen molar-refractivity contribution in [1.29, 1.82) is 0 Å². The molecule has 2 heteroatoms. The van der Waals surface area contributed by atoms with Crippen LogP contribution in [-0.4, -0.2) is 9.97 Å². The standard InChI is InChI=1S/C14H22N2/c1-10(2)13-5-4-11(3)6-14(13)12-7-15-9-16-8-12/h7-11,13-14H,4-6H2,1-3H3/t11-,13+,14?/m1/s1. The first-order valence-electron chi connectivity index (χ1n) is 6.43. The molecule has 1 aromatic rings. The van der Waals surface area contributed by atoms with Gasteiger partial charge in [-0.05, 0) is 42.1 Å². The van der Waals surface area contributed by atoms with Crippen LogP contribution in [0.2, 0.25) is 0 Å². The Morgan fingerprint density at radius 2 is 1.88 bits per heavy atom. The van der Waals surface area contributed by atoms with Gasteiger partial charge in [-0.1, -0.05) is 27.2 Å².